The lowest BCUT2D eigenvalue weighted by Gasteiger charge is -2.11. The summed E-state index contributed by atoms with van der Waals surface area (Å²) in [4.78, 5) is 16.4. The van der Waals surface area contributed by atoms with E-state index in [0.717, 1.165) is 30.3 Å². The van der Waals surface area contributed by atoms with Crippen LogP contribution < -0.4 is 10.6 Å². The molecule has 0 saturated carbocycles. The standard InChI is InChI=1S/C20H14F7N5O/c21-13-6-3-11(7-14(13)22)18(33)30-19(29-16-8-15(17(23)24)31-32-16)28-9-10-1-4-12(5-2-10)20(25,26)27/h1-8,17H,9H2,(H3,28,29,30,31,32,33). The smallest absolute Gasteiger partial charge is 0.309 e. The zero-order valence-corrected chi connectivity index (χ0v) is 16.4. The fourth-order valence-corrected chi connectivity index (χ4v) is 2.53. The van der Waals surface area contributed by atoms with Crippen LogP contribution in [0.5, 0.6) is 0 Å². The topological polar surface area (TPSA) is 82.2 Å². The van der Waals surface area contributed by atoms with Crippen LogP contribution in [-0.2, 0) is 12.7 Å². The molecule has 13 heteroatoms. The molecule has 0 saturated heterocycles. The number of halogens is 7. The van der Waals surface area contributed by atoms with Gasteiger partial charge in [0.1, 0.15) is 5.69 Å². The predicted molar refractivity (Wildman–Crippen MR) is 104 cm³/mol. The second-order valence-electron chi connectivity index (χ2n) is 6.58. The van der Waals surface area contributed by atoms with Gasteiger partial charge in [-0.2, -0.15) is 18.3 Å². The third kappa shape index (κ3) is 6.30. The maximum atomic E-state index is 13.4. The molecule has 3 rings (SSSR count). The lowest BCUT2D eigenvalue weighted by molar-refractivity contribution is -0.137. The molecule has 0 aliphatic carbocycles. The van der Waals surface area contributed by atoms with E-state index in [9.17, 15) is 35.5 Å². The van der Waals surface area contributed by atoms with Gasteiger partial charge in [-0.1, -0.05) is 12.1 Å². The zero-order chi connectivity index (χ0) is 24.2. The monoisotopic (exact) mass is 473 g/mol. The van der Waals surface area contributed by atoms with Gasteiger partial charge in [0.25, 0.3) is 12.3 Å². The van der Waals surface area contributed by atoms with E-state index in [4.69, 9.17) is 0 Å². The Morgan fingerprint density at radius 2 is 1.73 bits per heavy atom. The van der Waals surface area contributed by atoms with E-state index in [-0.39, 0.29) is 23.9 Å². The van der Waals surface area contributed by atoms with Gasteiger partial charge in [0.2, 0.25) is 5.96 Å². The molecule has 0 aliphatic heterocycles. The largest absolute Gasteiger partial charge is 0.416 e. The van der Waals surface area contributed by atoms with Crippen molar-refractivity contribution in [3.63, 3.8) is 0 Å². The SMILES string of the molecule is O=C(NC(=NCc1ccc(C(F)(F)F)cc1)Nc1cc(C(F)F)[nH]n1)c1ccc(F)c(F)c1. The van der Waals surface area contributed by atoms with Gasteiger partial charge in [0.15, 0.2) is 17.5 Å². The Bertz CT molecular complexity index is 1160. The maximum absolute atomic E-state index is 13.4. The Balaban J connectivity index is 1.82. The van der Waals surface area contributed by atoms with E-state index in [1.807, 2.05) is 0 Å². The Labute approximate surface area is 181 Å². The number of rotatable bonds is 5. The number of amides is 1. The van der Waals surface area contributed by atoms with E-state index >= 15 is 0 Å². The molecular formula is C20H14F7N5O. The maximum Gasteiger partial charge on any atom is 0.416 e. The van der Waals surface area contributed by atoms with Crippen molar-refractivity contribution in [1.29, 1.82) is 0 Å². The van der Waals surface area contributed by atoms with Crippen LogP contribution in [0.15, 0.2) is 53.5 Å². The van der Waals surface area contributed by atoms with Gasteiger partial charge in [-0.15, -0.1) is 0 Å². The number of hydrogen-bond acceptors (Lipinski definition) is 3. The number of H-pyrrole nitrogens is 1. The van der Waals surface area contributed by atoms with E-state index < -0.39 is 41.4 Å². The fourth-order valence-electron chi connectivity index (χ4n) is 2.53. The first-order valence-corrected chi connectivity index (χ1v) is 9.10. The van der Waals surface area contributed by atoms with Crippen molar-refractivity contribution >= 4 is 17.7 Å². The summed E-state index contributed by atoms with van der Waals surface area (Å²) in [5, 5.41) is 10.4. The highest BCUT2D eigenvalue weighted by atomic mass is 19.4. The van der Waals surface area contributed by atoms with Crippen LogP contribution in [0.4, 0.5) is 36.6 Å². The first-order valence-electron chi connectivity index (χ1n) is 9.10. The van der Waals surface area contributed by atoms with Crippen molar-refractivity contribution in [2.45, 2.75) is 19.1 Å². The van der Waals surface area contributed by atoms with Crippen molar-refractivity contribution in [1.82, 2.24) is 15.5 Å². The first kappa shape index (κ1) is 23.8. The number of guanidine groups is 1. The van der Waals surface area contributed by atoms with E-state index in [0.29, 0.717) is 11.6 Å². The zero-order valence-electron chi connectivity index (χ0n) is 16.4. The van der Waals surface area contributed by atoms with Crippen LogP contribution in [0.3, 0.4) is 0 Å². The summed E-state index contributed by atoms with van der Waals surface area (Å²) in [6, 6.07) is 7.36. The van der Waals surface area contributed by atoms with Crippen LogP contribution in [0.25, 0.3) is 0 Å². The number of carbonyl (C=O) groups excluding carboxylic acids is 1. The van der Waals surface area contributed by atoms with Crippen LogP contribution in [0, 0.1) is 11.6 Å². The molecular weight excluding hydrogens is 459 g/mol. The third-order valence-corrected chi connectivity index (χ3v) is 4.19. The Morgan fingerprint density at radius 3 is 2.30 bits per heavy atom. The minimum Gasteiger partial charge on any atom is -0.309 e. The summed E-state index contributed by atoms with van der Waals surface area (Å²) in [5.41, 5.74) is -1.32. The van der Waals surface area contributed by atoms with Gasteiger partial charge in [0.05, 0.1) is 12.1 Å². The minimum atomic E-state index is -4.52. The number of aromatic amines is 1. The molecule has 0 aliphatic rings. The third-order valence-electron chi connectivity index (χ3n) is 4.19. The second kappa shape index (κ2) is 9.71. The summed E-state index contributed by atoms with van der Waals surface area (Å²) in [6.45, 7) is -0.218. The summed E-state index contributed by atoms with van der Waals surface area (Å²) < 4.78 is 90.1. The normalized spacial score (nSPS) is 12.2. The first-order chi connectivity index (χ1) is 15.5. The Kier molecular flexibility index (Phi) is 6.99. The number of benzene rings is 2. The van der Waals surface area contributed by atoms with Crippen molar-refractivity contribution in [2.75, 3.05) is 5.32 Å². The average Bonchev–Trinajstić information content (AvgIpc) is 3.22. The molecule has 0 fully saturated rings. The molecule has 0 unspecified atom stereocenters. The van der Waals surface area contributed by atoms with Gasteiger partial charge < -0.3 is 5.32 Å². The molecule has 0 atom stereocenters. The quantitative estimate of drug-likeness (QED) is 0.276. The number of hydrogen-bond donors (Lipinski definition) is 3. The molecule has 3 N–H and O–H groups in total. The molecule has 6 nitrogen and oxygen atoms in total. The summed E-state index contributed by atoms with van der Waals surface area (Å²) in [7, 11) is 0. The Morgan fingerprint density at radius 1 is 1.03 bits per heavy atom. The van der Waals surface area contributed by atoms with Gasteiger partial charge in [-0.05, 0) is 35.9 Å². The molecule has 0 bridgehead atoms. The molecule has 1 heterocycles. The molecule has 0 spiro atoms. The van der Waals surface area contributed by atoms with E-state index in [2.05, 4.69) is 25.8 Å². The number of carbonyl (C=O) groups is 1. The van der Waals surface area contributed by atoms with Crippen LogP contribution in [-0.4, -0.2) is 22.1 Å². The molecule has 0 radical (unpaired) electrons. The lowest BCUT2D eigenvalue weighted by Crippen LogP contribution is -2.36. The molecule has 3 aromatic rings. The van der Waals surface area contributed by atoms with Crippen LogP contribution in [0.1, 0.15) is 33.6 Å². The summed E-state index contributed by atoms with van der Waals surface area (Å²) in [5.74, 6) is -3.83. The van der Waals surface area contributed by atoms with Gasteiger partial charge in [0, 0.05) is 11.6 Å². The van der Waals surface area contributed by atoms with E-state index in [1.54, 1.807) is 0 Å². The second-order valence-corrected chi connectivity index (χ2v) is 6.58. The van der Waals surface area contributed by atoms with Gasteiger partial charge in [-0.3, -0.25) is 15.2 Å². The van der Waals surface area contributed by atoms with Crippen molar-refractivity contribution < 1.29 is 35.5 Å². The lowest BCUT2D eigenvalue weighted by atomic mass is 10.1. The van der Waals surface area contributed by atoms with Crippen molar-refractivity contribution in [3.05, 3.63) is 82.5 Å². The number of alkyl halides is 5. The highest BCUT2D eigenvalue weighted by Crippen LogP contribution is 2.29. The molecule has 1 amide bonds. The van der Waals surface area contributed by atoms with Crippen LogP contribution >= 0.6 is 0 Å². The summed E-state index contributed by atoms with van der Waals surface area (Å²) >= 11 is 0. The van der Waals surface area contributed by atoms with Crippen molar-refractivity contribution in [3.8, 4) is 0 Å². The fraction of sp³-hybridized carbons (Fsp3) is 0.150. The number of aromatic nitrogens is 2. The van der Waals surface area contributed by atoms with Crippen molar-refractivity contribution in [2.24, 2.45) is 4.99 Å². The highest BCUT2D eigenvalue weighted by molar-refractivity contribution is 6.09. The summed E-state index contributed by atoms with van der Waals surface area (Å²) in [6.07, 6.45) is -7.37. The Hall–Kier alpha value is -3.90. The number of anilines is 1. The van der Waals surface area contributed by atoms with Gasteiger partial charge >= 0.3 is 6.18 Å². The molecule has 174 valence electrons. The average molecular weight is 473 g/mol. The van der Waals surface area contributed by atoms with E-state index in [1.165, 1.54) is 12.1 Å². The van der Waals surface area contributed by atoms with Gasteiger partial charge in [-0.25, -0.2) is 22.6 Å². The number of nitrogens with zero attached hydrogens (tertiary/aromatic N) is 2. The molecule has 2 aromatic carbocycles. The van der Waals surface area contributed by atoms with Crippen LogP contribution in [0.2, 0.25) is 0 Å². The minimum absolute atomic E-state index is 0.151. The number of nitrogens with one attached hydrogen (secondary N) is 3. The number of aliphatic imine (C=N–C) groups is 1. The molecule has 33 heavy (non-hydrogen) atoms. The molecule has 1 aromatic heterocycles. The predicted octanol–water partition coefficient (Wildman–Crippen LogP) is 5.04. The highest BCUT2D eigenvalue weighted by Gasteiger charge is 2.29.